The molecule has 0 aromatic heterocycles. The zero-order chi connectivity index (χ0) is 21.6. The van der Waals surface area contributed by atoms with E-state index in [0.717, 1.165) is 0 Å². The van der Waals surface area contributed by atoms with Crippen LogP contribution in [0.25, 0.3) is 10.4 Å². The molecule has 2 heterocycles. The number of azide groups is 1. The highest BCUT2D eigenvalue weighted by Gasteiger charge is 2.60. The van der Waals surface area contributed by atoms with Gasteiger partial charge in [-0.1, -0.05) is 5.11 Å². The first kappa shape index (κ1) is 22.5. The lowest BCUT2D eigenvalue weighted by molar-refractivity contribution is -0.163. The van der Waals surface area contributed by atoms with Crippen molar-refractivity contribution in [2.45, 2.75) is 38.3 Å². The Labute approximate surface area is 171 Å². The van der Waals surface area contributed by atoms with Gasteiger partial charge in [-0.2, -0.15) is 5.26 Å². The first-order valence-corrected chi connectivity index (χ1v) is 10.1. The third-order valence-electron chi connectivity index (χ3n) is 4.89. The van der Waals surface area contributed by atoms with Crippen molar-refractivity contribution in [2.24, 2.45) is 17.0 Å². The van der Waals surface area contributed by atoms with Crippen LogP contribution < -0.4 is 5.32 Å². The molecule has 0 saturated carbocycles. The monoisotopic (exact) mass is 422 g/mol. The summed E-state index contributed by atoms with van der Waals surface area (Å²) >= 11 is 1.23. The number of aliphatic carboxylic acids is 1. The molecule has 2 aliphatic heterocycles. The Morgan fingerprint density at radius 3 is 2.83 bits per heavy atom. The van der Waals surface area contributed by atoms with E-state index in [1.54, 1.807) is 0 Å². The maximum absolute atomic E-state index is 12.4. The van der Waals surface area contributed by atoms with E-state index in [1.165, 1.54) is 23.6 Å². The summed E-state index contributed by atoms with van der Waals surface area (Å²) < 4.78 is 0. The number of nitriles is 1. The van der Waals surface area contributed by atoms with E-state index in [4.69, 9.17) is 10.8 Å². The number of carboxylic acids is 1. The molecule has 0 aromatic carbocycles. The molecule has 11 nitrogen and oxygen atoms in total. The van der Waals surface area contributed by atoms with Gasteiger partial charge in [0.25, 0.3) is 0 Å². The Bertz CT molecular complexity index is 801. The Balaban J connectivity index is 2.16. The lowest BCUT2D eigenvalue weighted by Gasteiger charge is -2.47. The second-order valence-corrected chi connectivity index (χ2v) is 7.83. The number of amides is 2. The van der Waals surface area contributed by atoms with Gasteiger partial charge in [-0.15, -0.1) is 11.8 Å². The number of fused-ring (bicyclic) bond motifs is 1. The maximum atomic E-state index is 12.4. The van der Waals surface area contributed by atoms with Gasteiger partial charge in [-0.25, -0.2) is 4.79 Å². The highest BCUT2D eigenvalue weighted by atomic mass is 32.2. The van der Waals surface area contributed by atoms with Crippen molar-refractivity contribution in [1.29, 1.82) is 5.26 Å². The topological polar surface area (TPSA) is 179 Å². The molecule has 2 rings (SSSR count). The lowest BCUT2D eigenvalue weighted by atomic mass is 9.77. The summed E-state index contributed by atoms with van der Waals surface area (Å²) in [5, 5.41) is 34.4. The number of carbonyl (C=O) groups excluding carboxylic acids is 2. The van der Waals surface area contributed by atoms with E-state index in [9.17, 15) is 24.6 Å². The second-order valence-electron chi connectivity index (χ2n) is 6.69. The van der Waals surface area contributed by atoms with E-state index in [2.05, 4.69) is 15.3 Å². The van der Waals surface area contributed by atoms with Gasteiger partial charge in [-0.05, 0) is 18.9 Å². The van der Waals surface area contributed by atoms with Crippen molar-refractivity contribution in [2.75, 3.05) is 18.8 Å². The van der Waals surface area contributed by atoms with E-state index >= 15 is 0 Å². The number of aliphatic hydroxyl groups excluding tert-OH is 1. The number of nitrogens with one attached hydrogen (secondary N) is 1. The Hall–Kier alpha value is -2.74. The van der Waals surface area contributed by atoms with E-state index in [0.29, 0.717) is 17.1 Å². The Morgan fingerprint density at radius 1 is 1.52 bits per heavy atom. The zero-order valence-corrected chi connectivity index (χ0v) is 16.6. The fraction of sp³-hybridized carbons (Fsp3) is 0.647. The minimum atomic E-state index is -1.23. The molecule has 0 bridgehead atoms. The van der Waals surface area contributed by atoms with Gasteiger partial charge in [0.1, 0.15) is 5.70 Å². The second kappa shape index (κ2) is 10.2. The molecule has 4 atom stereocenters. The number of β-lactam (4-membered cyclic amide) rings is 1. The van der Waals surface area contributed by atoms with Crippen molar-refractivity contribution in [1.82, 2.24) is 10.2 Å². The van der Waals surface area contributed by atoms with Crippen molar-refractivity contribution >= 4 is 29.5 Å². The smallest absolute Gasteiger partial charge is 0.353 e. The number of nitrogens with zero attached hydrogens (tertiary/aromatic N) is 5. The van der Waals surface area contributed by atoms with E-state index in [1.807, 2.05) is 6.07 Å². The van der Waals surface area contributed by atoms with E-state index in [-0.39, 0.29) is 43.5 Å². The van der Waals surface area contributed by atoms with Crippen molar-refractivity contribution < 1.29 is 24.6 Å². The summed E-state index contributed by atoms with van der Waals surface area (Å²) in [4.78, 5) is 40.4. The quantitative estimate of drug-likeness (QED) is 0.146. The molecule has 0 unspecified atom stereocenters. The van der Waals surface area contributed by atoms with Crippen LogP contribution >= 0.6 is 11.8 Å². The summed E-state index contributed by atoms with van der Waals surface area (Å²) in [6, 6.07) is 1.52. The summed E-state index contributed by atoms with van der Waals surface area (Å²) in [6.07, 6.45) is -0.291. The first-order valence-electron chi connectivity index (χ1n) is 9.11. The zero-order valence-electron chi connectivity index (χ0n) is 15.8. The molecule has 0 aromatic rings. The molecule has 156 valence electrons. The van der Waals surface area contributed by atoms with Crippen LogP contribution in [0.2, 0.25) is 0 Å². The summed E-state index contributed by atoms with van der Waals surface area (Å²) in [7, 11) is 0. The molecule has 1 fully saturated rings. The normalized spacial score (nSPS) is 23.6. The van der Waals surface area contributed by atoms with Crippen molar-refractivity contribution in [3.05, 3.63) is 21.0 Å². The van der Waals surface area contributed by atoms with Crippen LogP contribution in [-0.4, -0.2) is 63.9 Å². The maximum Gasteiger partial charge on any atom is 0.353 e. The van der Waals surface area contributed by atoms with Gasteiger partial charge in [-0.3, -0.25) is 9.59 Å². The molecule has 0 radical (unpaired) electrons. The third kappa shape index (κ3) is 4.82. The average Bonchev–Trinajstić information content (AvgIpc) is 2.92. The largest absolute Gasteiger partial charge is 0.477 e. The molecule has 2 amide bonds. The number of hydrogen-bond donors (Lipinski definition) is 3. The van der Waals surface area contributed by atoms with Crippen LogP contribution in [0.1, 0.15) is 26.2 Å². The predicted molar refractivity (Wildman–Crippen MR) is 103 cm³/mol. The number of carbonyl (C=O) groups is 3. The highest BCUT2D eigenvalue weighted by Crippen LogP contribution is 2.51. The minimum Gasteiger partial charge on any atom is -0.477 e. The van der Waals surface area contributed by atoms with Crippen molar-refractivity contribution in [3.63, 3.8) is 0 Å². The molecule has 1 saturated heterocycles. The highest BCUT2D eigenvalue weighted by molar-refractivity contribution is 8.03. The summed E-state index contributed by atoms with van der Waals surface area (Å²) in [5.41, 5.74) is 8.14. The molecule has 0 spiro atoms. The Kier molecular flexibility index (Phi) is 7.90. The third-order valence-corrected chi connectivity index (χ3v) is 6.10. The van der Waals surface area contributed by atoms with Crippen LogP contribution in [0.5, 0.6) is 0 Å². The number of rotatable bonds is 11. The van der Waals surface area contributed by atoms with Crippen LogP contribution in [0.15, 0.2) is 15.7 Å². The van der Waals surface area contributed by atoms with Crippen LogP contribution in [0.3, 0.4) is 0 Å². The molecule has 12 heteroatoms. The number of hydrogen-bond acceptors (Lipinski definition) is 7. The first-order chi connectivity index (χ1) is 13.8. The minimum absolute atomic E-state index is 0.0407. The standard InChI is InChI=1S/C17H22N6O5S/c1-9(24)12-13-10(3-6-20-11(25)4-7-21-22-19)15(29-8-2-5-18)14(17(27)28)23(13)16(12)26/h9-10,12-13,24H,2-4,6-8H2,1H3,(H,20,25)(H,27,28)/t9-,10-,12-,13-/m1/s1. The SMILES string of the molecule is C[C@@H](O)[C@H]1C(=O)N2C(C(=O)O)=C(SCCC#N)[C@H](CCNC(=O)CCN=[N+]=[N-])[C@H]12. The van der Waals surface area contributed by atoms with Gasteiger partial charge in [0, 0.05) is 47.4 Å². The number of carboxylic acid groups (broad SMARTS) is 1. The fourth-order valence-corrected chi connectivity index (χ4v) is 4.91. The Morgan fingerprint density at radius 2 is 2.24 bits per heavy atom. The molecular formula is C17H22N6O5S. The fourth-order valence-electron chi connectivity index (χ4n) is 3.71. The number of aliphatic hydroxyl groups is 1. The predicted octanol–water partition coefficient (Wildman–Crippen LogP) is 0.974. The molecule has 0 aliphatic carbocycles. The van der Waals surface area contributed by atoms with Gasteiger partial charge in [0.15, 0.2) is 0 Å². The van der Waals surface area contributed by atoms with Gasteiger partial charge < -0.3 is 20.4 Å². The van der Waals surface area contributed by atoms with Gasteiger partial charge in [0.2, 0.25) is 11.8 Å². The molecule has 2 aliphatic rings. The summed E-state index contributed by atoms with van der Waals surface area (Å²) in [5.74, 6) is -2.64. The number of thioether (sulfide) groups is 1. The lowest BCUT2D eigenvalue weighted by Crippen LogP contribution is -2.64. The van der Waals surface area contributed by atoms with Crippen LogP contribution in [0, 0.1) is 23.2 Å². The van der Waals surface area contributed by atoms with Crippen LogP contribution in [0.4, 0.5) is 0 Å². The van der Waals surface area contributed by atoms with E-state index < -0.39 is 29.9 Å². The molecular weight excluding hydrogens is 400 g/mol. The molecule has 3 N–H and O–H groups in total. The van der Waals surface area contributed by atoms with Crippen molar-refractivity contribution in [3.8, 4) is 6.07 Å². The van der Waals surface area contributed by atoms with Gasteiger partial charge >= 0.3 is 5.97 Å². The van der Waals surface area contributed by atoms with Crippen LogP contribution in [-0.2, 0) is 14.4 Å². The van der Waals surface area contributed by atoms with Gasteiger partial charge in [0.05, 0.1) is 24.1 Å². The molecule has 29 heavy (non-hydrogen) atoms. The average molecular weight is 422 g/mol. The summed E-state index contributed by atoms with van der Waals surface area (Å²) in [6.45, 7) is 1.77.